The van der Waals surface area contributed by atoms with Crippen LogP contribution in [-0.4, -0.2) is 22.8 Å². The first-order chi connectivity index (χ1) is 9.75. The Morgan fingerprint density at radius 1 is 1.24 bits per heavy atom. The number of carbonyl (C=O) groups is 2. The summed E-state index contributed by atoms with van der Waals surface area (Å²) in [5.41, 5.74) is 0.624. The Bertz CT molecular complexity index is 488. The van der Waals surface area contributed by atoms with Crippen LogP contribution in [0.5, 0.6) is 0 Å². The SMILES string of the molecule is COC(=O)[C@@H](NC(=O)CC(C)C(Cl)(Cl)Cl)c1ccccc1. The molecule has 4 nitrogen and oxygen atoms in total. The summed E-state index contributed by atoms with van der Waals surface area (Å²) in [4.78, 5) is 23.8. The van der Waals surface area contributed by atoms with Gasteiger partial charge in [0, 0.05) is 12.3 Å². The van der Waals surface area contributed by atoms with Gasteiger partial charge in [-0.05, 0) is 5.56 Å². The highest BCUT2D eigenvalue weighted by Crippen LogP contribution is 2.36. The first-order valence-corrected chi connectivity index (χ1v) is 7.38. The lowest BCUT2D eigenvalue weighted by Crippen LogP contribution is -2.36. The molecule has 1 rings (SSSR count). The molecule has 0 spiro atoms. The summed E-state index contributed by atoms with van der Waals surface area (Å²) in [5.74, 6) is -1.44. The Kier molecular flexibility index (Phi) is 6.78. The molecule has 1 unspecified atom stereocenters. The van der Waals surface area contributed by atoms with Crippen LogP contribution < -0.4 is 5.32 Å². The van der Waals surface area contributed by atoms with Gasteiger partial charge in [0.15, 0.2) is 9.83 Å². The molecule has 0 heterocycles. The van der Waals surface area contributed by atoms with Crippen molar-refractivity contribution < 1.29 is 14.3 Å². The highest BCUT2D eigenvalue weighted by atomic mass is 35.6. The highest BCUT2D eigenvalue weighted by Gasteiger charge is 2.32. The third kappa shape index (κ3) is 5.73. The van der Waals surface area contributed by atoms with Gasteiger partial charge in [-0.25, -0.2) is 4.79 Å². The number of esters is 1. The van der Waals surface area contributed by atoms with E-state index in [0.717, 1.165) is 0 Å². The molecular weight excluding hydrogens is 337 g/mol. The molecule has 1 aromatic rings. The molecule has 116 valence electrons. The number of rotatable bonds is 5. The predicted octanol–water partition coefficient (Wildman–Crippen LogP) is 3.41. The van der Waals surface area contributed by atoms with Gasteiger partial charge in [-0.15, -0.1) is 0 Å². The van der Waals surface area contributed by atoms with Crippen LogP contribution in [0, 0.1) is 5.92 Å². The molecule has 0 aliphatic carbocycles. The van der Waals surface area contributed by atoms with Crippen LogP contribution in [0.25, 0.3) is 0 Å². The van der Waals surface area contributed by atoms with Gasteiger partial charge < -0.3 is 10.1 Å². The van der Waals surface area contributed by atoms with Gasteiger partial charge in [-0.1, -0.05) is 72.1 Å². The summed E-state index contributed by atoms with van der Waals surface area (Å²) < 4.78 is 3.17. The molecule has 2 atom stereocenters. The molecule has 0 aliphatic heterocycles. The van der Waals surface area contributed by atoms with E-state index in [1.165, 1.54) is 7.11 Å². The standard InChI is InChI=1S/C14H16Cl3NO3/c1-9(14(15,16)17)8-11(19)18-12(13(20)21-2)10-6-4-3-5-7-10/h3-7,9,12H,8H2,1-2H3,(H,18,19)/t9?,12-/m0/s1. The van der Waals surface area contributed by atoms with Gasteiger partial charge >= 0.3 is 5.97 Å². The number of hydrogen-bond donors (Lipinski definition) is 1. The second-order valence-electron chi connectivity index (χ2n) is 4.58. The van der Waals surface area contributed by atoms with Gasteiger partial charge in [-0.3, -0.25) is 4.79 Å². The van der Waals surface area contributed by atoms with Gasteiger partial charge in [0.1, 0.15) is 0 Å². The average molecular weight is 353 g/mol. The van der Waals surface area contributed by atoms with Crippen LogP contribution in [0.4, 0.5) is 0 Å². The molecule has 0 aromatic heterocycles. The number of methoxy groups -OCH3 is 1. The van der Waals surface area contributed by atoms with Crippen molar-refractivity contribution >= 4 is 46.7 Å². The van der Waals surface area contributed by atoms with E-state index in [2.05, 4.69) is 5.32 Å². The number of benzene rings is 1. The minimum Gasteiger partial charge on any atom is -0.467 e. The lowest BCUT2D eigenvalue weighted by Gasteiger charge is -2.21. The minimum atomic E-state index is -1.54. The van der Waals surface area contributed by atoms with Gasteiger partial charge in [0.05, 0.1) is 7.11 Å². The topological polar surface area (TPSA) is 55.4 Å². The Balaban J connectivity index is 2.79. The molecule has 0 saturated heterocycles. The molecule has 0 radical (unpaired) electrons. The first-order valence-electron chi connectivity index (χ1n) is 6.24. The number of amides is 1. The quantitative estimate of drug-likeness (QED) is 0.652. The predicted molar refractivity (Wildman–Crippen MR) is 83.4 cm³/mol. The fourth-order valence-electron chi connectivity index (χ4n) is 1.66. The van der Waals surface area contributed by atoms with E-state index in [1.54, 1.807) is 31.2 Å². The van der Waals surface area contributed by atoms with Crippen molar-refractivity contribution in [2.24, 2.45) is 5.92 Å². The van der Waals surface area contributed by atoms with Crippen molar-refractivity contribution in [2.45, 2.75) is 23.2 Å². The van der Waals surface area contributed by atoms with Gasteiger partial charge in [0.25, 0.3) is 0 Å². The monoisotopic (exact) mass is 351 g/mol. The molecular formula is C14H16Cl3NO3. The largest absolute Gasteiger partial charge is 0.467 e. The van der Waals surface area contributed by atoms with Crippen LogP contribution in [0.3, 0.4) is 0 Å². The number of hydrogen-bond acceptors (Lipinski definition) is 3. The summed E-state index contributed by atoms with van der Waals surface area (Å²) in [6.07, 6.45) is -0.0170. The first kappa shape index (κ1) is 18.1. The molecule has 0 saturated carbocycles. The maximum Gasteiger partial charge on any atom is 0.333 e. The highest BCUT2D eigenvalue weighted by molar-refractivity contribution is 6.67. The van der Waals surface area contributed by atoms with E-state index in [4.69, 9.17) is 39.5 Å². The molecule has 1 amide bonds. The second-order valence-corrected chi connectivity index (χ2v) is 6.95. The van der Waals surface area contributed by atoms with Crippen molar-refractivity contribution in [3.63, 3.8) is 0 Å². The molecule has 0 bridgehead atoms. The van der Waals surface area contributed by atoms with Crippen molar-refractivity contribution in [1.29, 1.82) is 0 Å². The maximum atomic E-state index is 12.0. The minimum absolute atomic E-state index is 0.0170. The zero-order chi connectivity index (χ0) is 16.0. The summed E-state index contributed by atoms with van der Waals surface area (Å²) in [7, 11) is 1.26. The van der Waals surface area contributed by atoms with E-state index >= 15 is 0 Å². The molecule has 1 N–H and O–H groups in total. The van der Waals surface area contributed by atoms with Crippen LogP contribution in [0.1, 0.15) is 24.9 Å². The van der Waals surface area contributed by atoms with E-state index in [-0.39, 0.29) is 6.42 Å². The van der Waals surface area contributed by atoms with Gasteiger partial charge in [-0.2, -0.15) is 0 Å². The van der Waals surface area contributed by atoms with Crippen LogP contribution in [0.15, 0.2) is 30.3 Å². The van der Waals surface area contributed by atoms with E-state index in [0.29, 0.717) is 5.56 Å². The molecule has 0 fully saturated rings. The zero-order valence-corrected chi connectivity index (χ0v) is 13.9. The normalized spacial score (nSPS) is 14.1. The molecule has 1 aromatic carbocycles. The zero-order valence-electron chi connectivity index (χ0n) is 11.6. The Labute approximate surface area is 138 Å². The van der Waals surface area contributed by atoms with Crippen LogP contribution in [0.2, 0.25) is 0 Å². The summed E-state index contributed by atoms with van der Waals surface area (Å²) >= 11 is 17.2. The Hall–Kier alpha value is -0.970. The molecule has 21 heavy (non-hydrogen) atoms. The third-order valence-corrected chi connectivity index (χ3v) is 4.04. The lowest BCUT2D eigenvalue weighted by molar-refractivity contribution is -0.145. The van der Waals surface area contributed by atoms with E-state index in [9.17, 15) is 9.59 Å². The van der Waals surface area contributed by atoms with Crippen molar-refractivity contribution in [3.8, 4) is 0 Å². The molecule has 7 heteroatoms. The number of halogens is 3. The summed E-state index contributed by atoms with van der Waals surface area (Å²) in [6, 6.07) is 7.90. The summed E-state index contributed by atoms with van der Waals surface area (Å²) in [6.45, 7) is 1.64. The fourth-order valence-corrected chi connectivity index (χ4v) is 1.89. The Morgan fingerprint density at radius 3 is 2.29 bits per heavy atom. The number of nitrogens with one attached hydrogen (secondary N) is 1. The lowest BCUT2D eigenvalue weighted by atomic mass is 10.1. The smallest absolute Gasteiger partial charge is 0.333 e. The van der Waals surface area contributed by atoms with Crippen LogP contribution >= 0.6 is 34.8 Å². The van der Waals surface area contributed by atoms with Crippen LogP contribution in [-0.2, 0) is 14.3 Å². The Morgan fingerprint density at radius 2 is 1.81 bits per heavy atom. The maximum absolute atomic E-state index is 12.0. The second kappa shape index (κ2) is 7.87. The number of ether oxygens (including phenoxy) is 1. The average Bonchev–Trinajstić information content (AvgIpc) is 2.43. The van der Waals surface area contributed by atoms with E-state index in [1.807, 2.05) is 6.07 Å². The van der Waals surface area contributed by atoms with Crippen molar-refractivity contribution in [1.82, 2.24) is 5.32 Å². The summed E-state index contributed by atoms with van der Waals surface area (Å²) in [5, 5.41) is 2.60. The van der Waals surface area contributed by atoms with E-state index < -0.39 is 27.6 Å². The molecule has 0 aliphatic rings. The van der Waals surface area contributed by atoms with Crippen molar-refractivity contribution in [3.05, 3.63) is 35.9 Å². The number of carbonyl (C=O) groups excluding carboxylic acids is 2. The third-order valence-electron chi connectivity index (χ3n) is 2.93. The van der Waals surface area contributed by atoms with Crippen molar-refractivity contribution in [2.75, 3.05) is 7.11 Å². The fraction of sp³-hybridized carbons (Fsp3) is 0.429. The number of alkyl halides is 3. The van der Waals surface area contributed by atoms with Gasteiger partial charge in [0.2, 0.25) is 5.91 Å².